The lowest BCUT2D eigenvalue weighted by Gasteiger charge is -2.58. The highest BCUT2D eigenvalue weighted by Crippen LogP contribution is 2.70. The highest BCUT2D eigenvalue weighted by Gasteiger charge is 2.68. The Morgan fingerprint density at radius 3 is 1.87 bits per heavy atom. The van der Waals surface area contributed by atoms with Crippen LogP contribution in [-0.4, -0.2) is 241 Å². The lowest BCUT2D eigenvalue weighted by molar-refractivity contribution is -0.389. The van der Waals surface area contributed by atoms with Crippen LogP contribution >= 0.6 is 0 Å². The molecule has 0 unspecified atom stereocenters. The summed E-state index contributed by atoms with van der Waals surface area (Å²) in [5, 5.41) is 137. The molecule has 8 fully saturated rings. The summed E-state index contributed by atoms with van der Waals surface area (Å²) in [6.45, 7) is 8.76. The molecule has 9 rings (SSSR count). The Bertz CT molecular complexity index is 1930. The summed E-state index contributed by atoms with van der Waals surface area (Å²) < 4.78 is 61.3. The second kappa shape index (κ2) is 23.0. The summed E-state index contributed by atoms with van der Waals surface area (Å²) in [6, 6.07) is 0. The summed E-state index contributed by atoms with van der Waals surface area (Å²) in [6.07, 6.45) is -21.1. The molecule has 31 atom stereocenters. The Balaban J connectivity index is 0.856. The minimum atomic E-state index is -1.85. The quantitative estimate of drug-likeness (QED) is 0.0720. The largest absolute Gasteiger partial charge is 0.394 e. The van der Waals surface area contributed by atoms with E-state index in [4.69, 9.17) is 47.4 Å². The number of aliphatic hydroxyl groups excluding tert-OH is 13. The van der Waals surface area contributed by atoms with Crippen molar-refractivity contribution >= 4 is 0 Å². The van der Waals surface area contributed by atoms with Crippen molar-refractivity contribution in [1.82, 2.24) is 0 Å². The van der Waals surface area contributed by atoms with Crippen molar-refractivity contribution in [2.75, 3.05) is 33.5 Å². The van der Waals surface area contributed by atoms with Crippen molar-refractivity contribution in [1.29, 1.82) is 0 Å². The van der Waals surface area contributed by atoms with Crippen molar-refractivity contribution in [2.45, 2.75) is 233 Å². The highest BCUT2D eigenvalue weighted by atomic mass is 16.8. The SMILES string of the molecule is CO[C@]1(CC[C@H](C)CO[C@H]2O[C@@H](CO)[C@H](O)[C@@H](O)[C@@H]2O)O[C@H]2C[C@H]3[C@@H]4CC=C5C[C@H](O[C@H]6O[C@@H](CO)[C@H](O[C@H]7O[C@@H](CO)[C@H](O)[C@@H](O)[C@@H]7O)[C@@H](O)[C@@H]6O[C@H]6O[C@@H](C)[C@H](O)[C@@H](O)[C@@H]6O)CC[C@@]5(C)[C@H]4CC[C@@]3(C)[C@H]2[C@@H]1C. The molecule has 23 heteroatoms. The Morgan fingerprint density at radius 1 is 0.640 bits per heavy atom. The zero-order valence-electron chi connectivity index (χ0n) is 43.8. The molecule has 9 aliphatic rings. The van der Waals surface area contributed by atoms with E-state index in [1.165, 1.54) is 12.5 Å². The predicted octanol–water partition coefficient (Wildman–Crippen LogP) is -2.35. The first-order chi connectivity index (χ1) is 35.6. The third-order valence-corrected chi connectivity index (χ3v) is 19.8. The first-order valence-corrected chi connectivity index (χ1v) is 27.3. The van der Waals surface area contributed by atoms with Crippen LogP contribution in [0, 0.1) is 46.3 Å². The molecule has 432 valence electrons. The van der Waals surface area contributed by atoms with Gasteiger partial charge in [-0.15, -0.1) is 0 Å². The molecular weight excluding hydrogens is 993 g/mol. The van der Waals surface area contributed by atoms with Crippen LogP contribution < -0.4 is 0 Å². The molecule has 5 aliphatic heterocycles. The van der Waals surface area contributed by atoms with Crippen molar-refractivity contribution in [3.63, 3.8) is 0 Å². The summed E-state index contributed by atoms with van der Waals surface area (Å²) in [5.74, 6) is 0.806. The van der Waals surface area contributed by atoms with Crippen LogP contribution in [-0.2, 0) is 47.4 Å². The Hall–Kier alpha value is -1.18. The maximum atomic E-state index is 12.1. The summed E-state index contributed by atoms with van der Waals surface area (Å²) in [4.78, 5) is 0. The van der Waals surface area contributed by atoms with Crippen molar-refractivity contribution in [3.8, 4) is 0 Å². The lowest BCUT2D eigenvalue weighted by Crippen LogP contribution is -2.67. The first kappa shape index (κ1) is 58.5. The fourth-order valence-electron chi connectivity index (χ4n) is 15.3. The maximum Gasteiger partial charge on any atom is 0.187 e. The zero-order valence-corrected chi connectivity index (χ0v) is 43.8. The van der Waals surface area contributed by atoms with Gasteiger partial charge in [-0.2, -0.15) is 0 Å². The van der Waals surface area contributed by atoms with E-state index in [1.54, 1.807) is 7.11 Å². The minimum absolute atomic E-state index is 0.00195. The number of aliphatic hydroxyl groups is 13. The van der Waals surface area contributed by atoms with Gasteiger partial charge in [-0.25, -0.2) is 0 Å². The van der Waals surface area contributed by atoms with Gasteiger partial charge in [0.15, 0.2) is 30.9 Å². The van der Waals surface area contributed by atoms with Gasteiger partial charge in [0.25, 0.3) is 0 Å². The number of hydrogen-bond acceptors (Lipinski definition) is 23. The summed E-state index contributed by atoms with van der Waals surface area (Å²) in [7, 11) is 1.71. The van der Waals surface area contributed by atoms with E-state index in [0.29, 0.717) is 43.4 Å². The monoisotopic (exact) mass is 1080 g/mol. The Labute approximate surface area is 437 Å². The molecule has 5 saturated heterocycles. The van der Waals surface area contributed by atoms with Gasteiger partial charge in [0.1, 0.15) is 91.6 Å². The van der Waals surface area contributed by atoms with Crippen molar-refractivity contribution in [3.05, 3.63) is 11.6 Å². The summed E-state index contributed by atoms with van der Waals surface area (Å²) in [5.41, 5.74) is 1.14. The number of methoxy groups -OCH3 is 1. The molecule has 0 bridgehead atoms. The van der Waals surface area contributed by atoms with Gasteiger partial charge in [-0.05, 0) is 98.7 Å². The minimum Gasteiger partial charge on any atom is -0.394 e. The van der Waals surface area contributed by atoms with Crippen LogP contribution in [0.25, 0.3) is 0 Å². The van der Waals surface area contributed by atoms with Gasteiger partial charge in [-0.1, -0.05) is 39.3 Å². The number of rotatable bonds is 16. The van der Waals surface area contributed by atoms with Gasteiger partial charge in [0.05, 0.1) is 44.7 Å². The van der Waals surface area contributed by atoms with Gasteiger partial charge >= 0.3 is 0 Å². The third-order valence-electron chi connectivity index (χ3n) is 19.8. The smallest absolute Gasteiger partial charge is 0.187 e. The molecule has 0 spiro atoms. The van der Waals surface area contributed by atoms with Gasteiger partial charge in [-0.3, -0.25) is 0 Å². The highest BCUT2D eigenvalue weighted by molar-refractivity contribution is 5.26. The fraction of sp³-hybridized carbons (Fsp3) is 0.962. The Kier molecular flexibility index (Phi) is 17.9. The van der Waals surface area contributed by atoms with Gasteiger partial charge in [0, 0.05) is 19.4 Å². The number of fused-ring (bicyclic) bond motifs is 7. The van der Waals surface area contributed by atoms with E-state index < -0.39 is 155 Å². The number of ether oxygens (including phenoxy) is 10. The standard InChI is InChI=1S/C52H86O23/c1-21(20-67-46-40(62)38(60)35(57)30(17-53)70-46)9-14-52(66-6)22(2)33-29(75-52)16-28-26-8-7-24-15-25(10-12-50(24,4)27(26)11-13-51(28,33)5)69-49-45(74-47-41(63)37(59)34(56)23(3)68-47)43(65)44(32(19-55)72-49)73-48-42(64)39(61)36(58)31(18-54)71-48/h7,21-23,25-49,53-65H,8-20H2,1-6H3/t21-,22-,23-,25+,26+,27-,28-,29-,30-,31-,32-,33-,34-,35-,36-,37+,38+,39+,40-,41-,42-,43+,44-,45-,46-,47+,48+,49-,50+,51+,52+/m0/s1. The van der Waals surface area contributed by atoms with Gasteiger partial charge < -0.3 is 114 Å². The van der Waals surface area contributed by atoms with Crippen LogP contribution in [0.2, 0.25) is 0 Å². The Morgan fingerprint density at radius 2 is 1.23 bits per heavy atom. The molecular formula is C52H86O23. The normalized spacial score (nSPS) is 54.3. The number of hydrogen-bond donors (Lipinski definition) is 13. The molecule has 0 amide bonds. The molecule has 3 saturated carbocycles. The molecule has 75 heavy (non-hydrogen) atoms. The first-order valence-electron chi connectivity index (χ1n) is 27.3. The van der Waals surface area contributed by atoms with E-state index >= 15 is 0 Å². The lowest BCUT2D eigenvalue weighted by atomic mass is 9.47. The van der Waals surface area contributed by atoms with Crippen LogP contribution in [0.3, 0.4) is 0 Å². The average molecular weight is 1080 g/mol. The van der Waals surface area contributed by atoms with E-state index in [2.05, 4.69) is 26.8 Å². The van der Waals surface area contributed by atoms with Crippen LogP contribution in [0.5, 0.6) is 0 Å². The molecule has 0 aromatic rings. The van der Waals surface area contributed by atoms with E-state index in [9.17, 15) is 66.4 Å². The van der Waals surface area contributed by atoms with Crippen molar-refractivity contribution < 1.29 is 114 Å². The van der Waals surface area contributed by atoms with Crippen LogP contribution in [0.4, 0.5) is 0 Å². The second-order valence-corrected chi connectivity index (χ2v) is 24.0. The molecule has 0 aromatic heterocycles. The van der Waals surface area contributed by atoms with E-state index in [-0.39, 0.29) is 41.3 Å². The third kappa shape index (κ3) is 10.5. The maximum absolute atomic E-state index is 12.1. The molecule has 4 aliphatic carbocycles. The van der Waals surface area contributed by atoms with E-state index in [0.717, 1.165) is 32.1 Å². The zero-order chi connectivity index (χ0) is 54.2. The number of allylic oxidation sites excluding steroid dienone is 1. The average Bonchev–Trinajstić information content (AvgIpc) is 3.86. The molecule has 5 heterocycles. The van der Waals surface area contributed by atoms with E-state index in [1.807, 2.05) is 6.92 Å². The van der Waals surface area contributed by atoms with Crippen molar-refractivity contribution in [2.24, 2.45) is 46.3 Å². The van der Waals surface area contributed by atoms with Crippen LogP contribution in [0.1, 0.15) is 92.4 Å². The summed E-state index contributed by atoms with van der Waals surface area (Å²) >= 11 is 0. The van der Waals surface area contributed by atoms with Gasteiger partial charge in [0.2, 0.25) is 0 Å². The van der Waals surface area contributed by atoms with Crippen LogP contribution in [0.15, 0.2) is 11.6 Å². The molecule has 23 nitrogen and oxygen atoms in total. The molecule has 13 N–H and O–H groups in total. The second-order valence-electron chi connectivity index (χ2n) is 24.0. The topological polar surface area (TPSA) is 355 Å². The molecule has 0 radical (unpaired) electrons. The molecule has 0 aromatic carbocycles. The predicted molar refractivity (Wildman–Crippen MR) is 255 cm³/mol. The fourth-order valence-corrected chi connectivity index (χ4v) is 15.3.